The molecule has 0 aromatic heterocycles. The Balaban J connectivity index is 3.13. The van der Waals surface area contributed by atoms with Gasteiger partial charge in [0.2, 0.25) is 0 Å². The summed E-state index contributed by atoms with van der Waals surface area (Å²) >= 11 is 3.27. The van der Waals surface area contributed by atoms with Gasteiger partial charge in [0.1, 0.15) is 5.75 Å². The van der Waals surface area contributed by atoms with Gasteiger partial charge in [0.15, 0.2) is 6.10 Å². The fourth-order valence-corrected chi connectivity index (χ4v) is 1.44. The van der Waals surface area contributed by atoms with Crippen LogP contribution in [0.2, 0.25) is 0 Å². The average Bonchev–Trinajstić information content (AvgIpc) is 2.13. The van der Waals surface area contributed by atoms with E-state index < -0.39 is 6.10 Å². The van der Waals surface area contributed by atoms with E-state index in [-0.39, 0.29) is 5.75 Å². The number of phenols is 1. The van der Waals surface area contributed by atoms with Gasteiger partial charge in [0.25, 0.3) is 0 Å². The Labute approximate surface area is 84.7 Å². The third-order valence-electron chi connectivity index (χ3n) is 1.62. The van der Waals surface area contributed by atoms with Gasteiger partial charge in [-0.2, -0.15) is 5.26 Å². The third kappa shape index (κ3) is 2.20. The number of aromatic hydroxyl groups is 1. The number of ether oxygens (including phenoxy) is 1. The summed E-state index contributed by atoms with van der Waals surface area (Å²) in [6.45, 7) is 0. The molecule has 3 nitrogen and oxygen atoms in total. The van der Waals surface area contributed by atoms with Crippen LogP contribution in [0.5, 0.6) is 5.75 Å². The fraction of sp³-hybridized carbons (Fsp3) is 0.222. The van der Waals surface area contributed by atoms with Crippen LogP contribution in [0.15, 0.2) is 22.7 Å². The van der Waals surface area contributed by atoms with Crippen LogP contribution in [-0.4, -0.2) is 12.2 Å². The summed E-state index contributed by atoms with van der Waals surface area (Å²) in [5, 5.41) is 17.9. The summed E-state index contributed by atoms with van der Waals surface area (Å²) in [5.41, 5.74) is 0.630. The Morgan fingerprint density at radius 1 is 1.62 bits per heavy atom. The van der Waals surface area contributed by atoms with Crippen molar-refractivity contribution in [1.82, 2.24) is 0 Å². The smallest absolute Gasteiger partial charge is 0.169 e. The maximum atomic E-state index is 9.19. The van der Waals surface area contributed by atoms with Crippen LogP contribution in [0.25, 0.3) is 0 Å². The van der Waals surface area contributed by atoms with Gasteiger partial charge >= 0.3 is 0 Å². The molecule has 0 radical (unpaired) electrons. The largest absolute Gasteiger partial charge is 0.508 e. The number of halogens is 1. The number of phenolic OH excluding ortho intramolecular Hbond substituents is 1. The highest BCUT2D eigenvalue weighted by atomic mass is 79.9. The molecule has 1 N–H and O–H groups in total. The van der Waals surface area contributed by atoms with Crippen LogP contribution < -0.4 is 0 Å². The van der Waals surface area contributed by atoms with Gasteiger partial charge in [0, 0.05) is 17.1 Å². The standard InChI is InChI=1S/C9H8BrNO2/c1-13-9(5-11)7-4-6(12)2-3-8(7)10/h2-4,9,12H,1H3. The van der Waals surface area contributed by atoms with E-state index in [1.807, 2.05) is 6.07 Å². The number of benzene rings is 1. The van der Waals surface area contributed by atoms with E-state index in [4.69, 9.17) is 10.00 Å². The van der Waals surface area contributed by atoms with Gasteiger partial charge in [-0.05, 0) is 18.2 Å². The van der Waals surface area contributed by atoms with Crippen molar-refractivity contribution in [1.29, 1.82) is 5.26 Å². The average molecular weight is 242 g/mol. The zero-order valence-corrected chi connectivity index (χ0v) is 8.58. The van der Waals surface area contributed by atoms with Gasteiger partial charge < -0.3 is 9.84 Å². The summed E-state index contributed by atoms with van der Waals surface area (Å²) in [6, 6.07) is 6.69. The van der Waals surface area contributed by atoms with Crippen molar-refractivity contribution in [3.63, 3.8) is 0 Å². The number of methoxy groups -OCH3 is 1. The van der Waals surface area contributed by atoms with Crippen molar-refractivity contribution < 1.29 is 9.84 Å². The molecule has 4 heteroatoms. The number of nitriles is 1. The Hall–Kier alpha value is -1.05. The van der Waals surface area contributed by atoms with Crippen molar-refractivity contribution in [2.24, 2.45) is 0 Å². The van der Waals surface area contributed by atoms with E-state index in [1.54, 1.807) is 6.07 Å². The highest BCUT2D eigenvalue weighted by Gasteiger charge is 2.12. The van der Waals surface area contributed by atoms with Crippen LogP contribution in [0.4, 0.5) is 0 Å². The van der Waals surface area contributed by atoms with E-state index in [1.165, 1.54) is 19.2 Å². The molecule has 0 aliphatic rings. The second-order valence-corrected chi connectivity index (χ2v) is 3.30. The molecule has 1 atom stereocenters. The molecule has 1 aromatic carbocycles. The lowest BCUT2D eigenvalue weighted by Gasteiger charge is -2.09. The first-order chi connectivity index (χ1) is 6.19. The maximum Gasteiger partial charge on any atom is 0.169 e. The molecule has 0 heterocycles. The highest BCUT2D eigenvalue weighted by molar-refractivity contribution is 9.10. The molecule has 1 unspecified atom stereocenters. The zero-order valence-electron chi connectivity index (χ0n) is 6.99. The van der Waals surface area contributed by atoms with Crippen molar-refractivity contribution in [3.8, 4) is 11.8 Å². The SMILES string of the molecule is COC(C#N)c1cc(O)ccc1Br. The molecule has 68 valence electrons. The molecule has 1 aromatic rings. The molecule has 0 bridgehead atoms. The minimum absolute atomic E-state index is 0.121. The van der Waals surface area contributed by atoms with Crippen molar-refractivity contribution in [2.45, 2.75) is 6.10 Å². The number of hydrogen-bond donors (Lipinski definition) is 1. The Bertz CT molecular complexity index is 346. The third-order valence-corrected chi connectivity index (χ3v) is 2.34. The minimum Gasteiger partial charge on any atom is -0.508 e. The maximum absolute atomic E-state index is 9.19. The molecule has 0 saturated carbocycles. The van der Waals surface area contributed by atoms with Crippen LogP contribution in [-0.2, 0) is 4.74 Å². The van der Waals surface area contributed by atoms with Crippen molar-refractivity contribution in [2.75, 3.05) is 7.11 Å². The predicted octanol–water partition coefficient (Wildman–Crippen LogP) is 2.37. The minimum atomic E-state index is -0.651. The van der Waals surface area contributed by atoms with Crippen LogP contribution in [0.1, 0.15) is 11.7 Å². The Kier molecular flexibility index (Phi) is 3.29. The first kappa shape index (κ1) is 10.0. The lowest BCUT2D eigenvalue weighted by atomic mass is 10.1. The zero-order chi connectivity index (χ0) is 9.84. The Morgan fingerprint density at radius 3 is 2.85 bits per heavy atom. The first-order valence-electron chi connectivity index (χ1n) is 3.60. The molecule has 0 aliphatic heterocycles. The fourth-order valence-electron chi connectivity index (χ4n) is 0.981. The summed E-state index contributed by atoms with van der Waals surface area (Å²) in [6.07, 6.45) is -0.651. The quantitative estimate of drug-likeness (QED) is 0.865. The predicted molar refractivity (Wildman–Crippen MR) is 51.2 cm³/mol. The lowest BCUT2D eigenvalue weighted by Crippen LogP contribution is -1.98. The van der Waals surface area contributed by atoms with Crippen LogP contribution in [0.3, 0.4) is 0 Å². The van der Waals surface area contributed by atoms with E-state index >= 15 is 0 Å². The Morgan fingerprint density at radius 2 is 2.31 bits per heavy atom. The van der Waals surface area contributed by atoms with E-state index in [2.05, 4.69) is 15.9 Å². The first-order valence-corrected chi connectivity index (χ1v) is 4.39. The molecule has 0 fully saturated rings. The van der Waals surface area contributed by atoms with Crippen LogP contribution >= 0.6 is 15.9 Å². The normalized spacial score (nSPS) is 12.1. The lowest BCUT2D eigenvalue weighted by molar-refractivity contribution is 0.148. The summed E-state index contributed by atoms with van der Waals surface area (Å²) in [5.74, 6) is 0.121. The van der Waals surface area contributed by atoms with Gasteiger partial charge in [-0.25, -0.2) is 0 Å². The summed E-state index contributed by atoms with van der Waals surface area (Å²) in [4.78, 5) is 0. The van der Waals surface area contributed by atoms with E-state index in [0.29, 0.717) is 5.56 Å². The number of nitrogens with zero attached hydrogens (tertiary/aromatic N) is 1. The topological polar surface area (TPSA) is 53.2 Å². The van der Waals surface area contributed by atoms with E-state index in [9.17, 15) is 5.11 Å². The number of hydrogen-bond acceptors (Lipinski definition) is 3. The van der Waals surface area contributed by atoms with E-state index in [0.717, 1.165) is 4.47 Å². The molecule has 0 saturated heterocycles. The molecule has 13 heavy (non-hydrogen) atoms. The van der Waals surface area contributed by atoms with Crippen LogP contribution in [0, 0.1) is 11.3 Å². The second kappa shape index (κ2) is 4.26. The van der Waals surface area contributed by atoms with Gasteiger partial charge in [-0.1, -0.05) is 15.9 Å². The monoisotopic (exact) mass is 241 g/mol. The summed E-state index contributed by atoms with van der Waals surface area (Å²) < 4.78 is 5.67. The van der Waals surface area contributed by atoms with Gasteiger partial charge in [-0.3, -0.25) is 0 Å². The molecule has 1 rings (SSSR count). The second-order valence-electron chi connectivity index (χ2n) is 2.45. The molecular weight excluding hydrogens is 234 g/mol. The van der Waals surface area contributed by atoms with Crippen molar-refractivity contribution in [3.05, 3.63) is 28.2 Å². The number of rotatable bonds is 2. The van der Waals surface area contributed by atoms with Gasteiger partial charge in [0.05, 0.1) is 6.07 Å². The summed E-state index contributed by atoms with van der Waals surface area (Å²) in [7, 11) is 1.45. The molecule has 0 aliphatic carbocycles. The highest BCUT2D eigenvalue weighted by Crippen LogP contribution is 2.28. The molecule has 0 spiro atoms. The van der Waals surface area contributed by atoms with Crippen molar-refractivity contribution >= 4 is 15.9 Å². The molecule has 0 amide bonds. The van der Waals surface area contributed by atoms with Gasteiger partial charge in [-0.15, -0.1) is 0 Å². The molecular formula is C9H8BrNO2.